The minimum absolute atomic E-state index is 0.119. The number of hydrogen-bond donors (Lipinski definition) is 0. The van der Waals surface area contributed by atoms with Crippen molar-refractivity contribution in [3.8, 4) is 0 Å². The molecule has 7 nitrogen and oxygen atoms in total. The molecule has 0 aliphatic heterocycles. The van der Waals surface area contributed by atoms with Crippen LogP contribution in [0.25, 0.3) is 0 Å². The number of amides is 1. The SMILES string of the molecule is CCn1cc([N+](=O)[O-])c(C(=O)N(C)C)n1. The topological polar surface area (TPSA) is 81.3 Å². The summed E-state index contributed by atoms with van der Waals surface area (Å²) in [6.07, 6.45) is 1.26. The molecule has 1 aromatic rings. The maximum atomic E-state index is 11.5. The maximum Gasteiger partial charge on any atom is 0.320 e. The third kappa shape index (κ3) is 2.12. The second-order valence-electron chi connectivity index (χ2n) is 3.18. The lowest BCUT2D eigenvalue weighted by Crippen LogP contribution is -2.23. The molecule has 82 valence electrons. The summed E-state index contributed by atoms with van der Waals surface area (Å²) >= 11 is 0. The Bertz CT molecular complexity index is 397. The van der Waals surface area contributed by atoms with Crippen LogP contribution in [-0.2, 0) is 6.54 Å². The van der Waals surface area contributed by atoms with Crippen LogP contribution in [0.3, 0.4) is 0 Å². The molecule has 0 saturated heterocycles. The van der Waals surface area contributed by atoms with Gasteiger partial charge in [-0.25, -0.2) is 0 Å². The van der Waals surface area contributed by atoms with Crippen LogP contribution in [0.15, 0.2) is 6.20 Å². The van der Waals surface area contributed by atoms with Crippen LogP contribution in [-0.4, -0.2) is 39.6 Å². The first-order valence-corrected chi connectivity index (χ1v) is 4.40. The van der Waals surface area contributed by atoms with Gasteiger partial charge in [-0.15, -0.1) is 0 Å². The third-order valence-corrected chi connectivity index (χ3v) is 1.87. The quantitative estimate of drug-likeness (QED) is 0.540. The van der Waals surface area contributed by atoms with Crippen molar-refractivity contribution in [3.63, 3.8) is 0 Å². The van der Waals surface area contributed by atoms with Crippen LogP contribution < -0.4 is 0 Å². The van der Waals surface area contributed by atoms with E-state index in [0.29, 0.717) is 6.54 Å². The molecule has 0 unspecified atom stereocenters. The number of rotatable bonds is 3. The first-order valence-electron chi connectivity index (χ1n) is 4.40. The minimum atomic E-state index is -0.601. The number of carbonyl (C=O) groups excluding carboxylic acids is 1. The molecule has 0 aliphatic rings. The fourth-order valence-electron chi connectivity index (χ4n) is 1.07. The molecule has 0 aliphatic carbocycles. The highest BCUT2D eigenvalue weighted by molar-refractivity contribution is 5.95. The number of aryl methyl sites for hydroxylation is 1. The number of carbonyl (C=O) groups is 1. The fourth-order valence-corrected chi connectivity index (χ4v) is 1.07. The Hall–Kier alpha value is -1.92. The summed E-state index contributed by atoms with van der Waals surface area (Å²) in [5.74, 6) is -0.464. The maximum absolute atomic E-state index is 11.5. The molecule has 0 N–H and O–H groups in total. The Labute approximate surface area is 86.4 Å². The molecule has 1 aromatic heterocycles. The molecule has 0 saturated carbocycles. The number of nitrogens with zero attached hydrogens (tertiary/aromatic N) is 4. The van der Waals surface area contributed by atoms with E-state index >= 15 is 0 Å². The predicted molar refractivity (Wildman–Crippen MR) is 52.6 cm³/mol. The first kappa shape index (κ1) is 11.2. The van der Waals surface area contributed by atoms with Gasteiger partial charge in [0.05, 0.1) is 4.92 Å². The van der Waals surface area contributed by atoms with Crippen LogP contribution in [0.5, 0.6) is 0 Å². The molecule has 0 fully saturated rings. The van der Waals surface area contributed by atoms with Gasteiger partial charge in [-0.3, -0.25) is 19.6 Å². The normalized spacial score (nSPS) is 10.1. The van der Waals surface area contributed by atoms with Crippen LogP contribution in [0.1, 0.15) is 17.4 Å². The highest BCUT2D eigenvalue weighted by atomic mass is 16.6. The van der Waals surface area contributed by atoms with Crippen molar-refractivity contribution in [2.75, 3.05) is 14.1 Å². The van der Waals surface area contributed by atoms with E-state index in [1.165, 1.54) is 29.9 Å². The van der Waals surface area contributed by atoms with E-state index in [4.69, 9.17) is 0 Å². The summed E-state index contributed by atoms with van der Waals surface area (Å²) in [5, 5.41) is 14.5. The summed E-state index contributed by atoms with van der Waals surface area (Å²) in [6.45, 7) is 2.28. The van der Waals surface area contributed by atoms with E-state index in [0.717, 1.165) is 0 Å². The fraction of sp³-hybridized carbons (Fsp3) is 0.500. The molecular formula is C8H12N4O3. The van der Waals surface area contributed by atoms with Gasteiger partial charge >= 0.3 is 5.69 Å². The summed E-state index contributed by atoms with van der Waals surface area (Å²) < 4.78 is 1.37. The minimum Gasteiger partial charge on any atom is -0.343 e. The Balaban J connectivity index is 3.20. The molecule has 0 radical (unpaired) electrons. The molecule has 0 aromatic carbocycles. The lowest BCUT2D eigenvalue weighted by molar-refractivity contribution is -0.385. The van der Waals surface area contributed by atoms with Crippen LogP contribution in [0.4, 0.5) is 5.69 Å². The molecular weight excluding hydrogens is 200 g/mol. The van der Waals surface area contributed by atoms with Crippen molar-refractivity contribution < 1.29 is 9.72 Å². The van der Waals surface area contributed by atoms with E-state index in [1.807, 2.05) is 0 Å². The average Bonchev–Trinajstić information content (AvgIpc) is 2.60. The summed E-state index contributed by atoms with van der Waals surface area (Å²) in [4.78, 5) is 22.9. The highest BCUT2D eigenvalue weighted by Crippen LogP contribution is 2.17. The Morgan fingerprint density at radius 1 is 1.67 bits per heavy atom. The summed E-state index contributed by atoms with van der Waals surface area (Å²) in [7, 11) is 3.05. The van der Waals surface area contributed by atoms with Gasteiger partial charge in [-0.1, -0.05) is 0 Å². The van der Waals surface area contributed by atoms with Crippen LogP contribution >= 0.6 is 0 Å². The third-order valence-electron chi connectivity index (χ3n) is 1.87. The van der Waals surface area contributed by atoms with Crippen molar-refractivity contribution in [1.82, 2.24) is 14.7 Å². The highest BCUT2D eigenvalue weighted by Gasteiger charge is 2.26. The lowest BCUT2D eigenvalue weighted by Gasteiger charge is -2.06. The molecule has 0 bridgehead atoms. The number of aromatic nitrogens is 2. The number of hydrogen-bond acceptors (Lipinski definition) is 4. The second-order valence-corrected chi connectivity index (χ2v) is 3.18. The van der Waals surface area contributed by atoms with E-state index in [2.05, 4.69) is 5.10 Å². The van der Waals surface area contributed by atoms with Gasteiger partial charge in [0.2, 0.25) is 5.69 Å². The largest absolute Gasteiger partial charge is 0.343 e. The lowest BCUT2D eigenvalue weighted by atomic mass is 10.3. The zero-order valence-corrected chi connectivity index (χ0v) is 8.80. The van der Waals surface area contributed by atoms with Gasteiger partial charge in [-0.05, 0) is 6.92 Å². The number of nitro groups is 1. The van der Waals surface area contributed by atoms with Gasteiger partial charge < -0.3 is 4.90 Å². The molecule has 1 amide bonds. The molecule has 0 atom stereocenters. The van der Waals surface area contributed by atoms with Gasteiger partial charge in [0, 0.05) is 20.6 Å². The van der Waals surface area contributed by atoms with Crippen molar-refractivity contribution >= 4 is 11.6 Å². The Morgan fingerprint density at radius 2 is 2.27 bits per heavy atom. The van der Waals surface area contributed by atoms with Crippen LogP contribution in [0.2, 0.25) is 0 Å². The molecule has 1 heterocycles. The van der Waals surface area contributed by atoms with Crippen molar-refractivity contribution in [2.24, 2.45) is 0 Å². The zero-order chi connectivity index (χ0) is 11.6. The Kier molecular flexibility index (Phi) is 3.03. The zero-order valence-electron chi connectivity index (χ0n) is 8.80. The van der Waals surface area contributed by atoms with Crippen molar-refractivity contribution in [2.45, 2.75) is 13.5 Å². The van der Waals surface area contributed by atoms with E-state index in [-0.39, 0.29) is 11.4 Å². The molecule has 15 heavy (non-hydrogen) atoms. The van der Waals surface area contributed by atoms with Crippen molar-refractivity contribution in [1.29, 1.82) is 0 Å². The molecule has 1 rings (SSSR count). The smallest absolute Gasteiger partial charge is 0.320 e. The Morgan fingerprint density at radius 3 is 2.67 bits per heavy atom. The van der Waals surface area contributed by atoms with Crippen molar-refractivity contribution in [3.05, 3.63) is 22.0 Å². The first-order chi connectivity index (χ1) is 6.97. The second kappa shape index (κ2) is 4.07. The molecule has 7 heteroatoms. The monoisotopic (exact) mass is 212 g/mol. The molecule has 0 spiro atoms. The summed E-state index contributed by atoms with van der Waals surface area (Å²) in [6, 6.07) is 0. The standard InChI is InChI=1S/C8H12N4O3/c1-4-11-5-6(12(14)15)7(9-11)8(13)10(2)3/h5H,4H2,1-3H3. The van der Waals surface area contributed by atoms with Gasteiger partial charge in [0.25, 0.3) is 5.91 Å². The van der Waals surface area contributed by atoms with E-state index < -0.39 is 10.8 Å². The van der Waals surface area contributed by atoms with E-state index in [1.54, 1.807) is 6.92 Å². The summed E-state index contributed by atoms with van der Waals surface area (Å²) in [5.41, 5.74) is -0.373. The predicted octanol–water partition coefficient (Wildman–Crippen LogP) is 0.513. The van der Waals surface area contributed by atoms with E-state index in [9.17, 15) is 14.9 Å². The van der Waals surface area contributed by atoms with Gasteiger partial charge in [0.15, 0.2) is 0 Å². The average molecular weight is 212 g/mol. The van der Waals surface area contributed by atoms with Gasteiger partial charge in [0.1, 0.15) is 6.20 Å². The van der Waals surface area contributed by atoms with Crippen LogP contribution in [0, 0.1) is 10.1 Å². The van der Waals surface area contributed by atoms with Gasteiger partial charge in [-0.2, -0.15) is 5.10 Å².